The molecular formula is C16H25Cl2N3O2. The Morgan fingerprint density at radius 1 is 1.26 bits per heavy atom. The summed E-state index contributed by atoms with van der Waals surface area (Å²) in [7, 11) is 0. The van der Waals surface area contributed by atoms with E-state index in [1.165, 1.54) is 0 Å². The topological polar surface area (TPSA) is 64.1 Å². The molecule has 0 aromatic carbocycles. The molecule has 0 radical (unpaired) electrons. The van der Waals surface area contributed by atoms with Crippen molar-refractivity contribution < 1.29 is 9.53 Å². The fourth-order valence-electron chi connectivity index (χ4n) is 2.32. The molecule has 1 atom stereocenters. The number of hydrogen-bond acceptors (Lipinski definition) is 5. The molecule has 0 amide bonds. The van der Waals surface area contributed by atoms with Crippen molar-refractivity contribution >= 4 is 34.4 Å². The SMILES string of the molecule is CCc1ncnc(NC(CC)CCCCCCOC(=O)Cl)c1Cl. The van der Waals surface area contributed by atoms with Gasteiger partial charge in [-0.2, -0.15) is 0 Å². The van der Waals surface area contributed by atoms with Gasteiger partial charge >= 0.3 is 5.43 Å². The van der Waals surface area contributed by atoms with Crippen LogP contribution in [0.3, 0.4) is 0 Å². The maximum absolute atomic E-state index is 10.4. The Labute approximate surface area is 148 Å². The van der Waals surface area contributed by atoms with Crippen molar-refractivity contribution in [2.45, 2.75) is 64.8 Å². The van der Waals surface area contributed by atoms with Gasteiger partial charge in [-0.15, -0.1) is 0 Å². The quantitative estimate of drug-likeness (QED) is 0.432. The number of rotatable bonds is 11. The van der Waals surface area contributed by atoms with E-state index in [-0.39, 0.29) is 0 Å². The van der Waals surface area contributed by atoms with Crippen molar-refractivity contribution in [1.29, 1.82) is 0 Å². The Kier molecular flexibility index (Phi) is 9.96. The van der Waals surface area contributed by atoms with Gasteiger partial charge in [0.25, 0.3) is 0 Å². The molecule has 0 bridgehead atoms. The van der Waals surface area contributed by atoms with Gasteiger partial charge < -0.3 is 10.1 Å². The third-order valence-corrected chi connectivity index (χ3v) is 4.20. The molecule has 0 aliphatic rings. The lowest BCUT2D eigenvalue weighted by Gasteiger charge is -2.18. The van der Waals surface area contributed by atoms with Crippen molar-refractivity contribution in [1.82, 2.24) is 9.97 Å². The zero-order valence-electron chi connectivity index (χ0n) is 13.8. The third-order valence-electron chi connectivity index (χ3n) is 3.69. The largest absolute Gasteiger partial charge is 0.454 e. The molecule has 0 saturated carbocycles. The Bertz CT molecular complexity index is 486. The number of hydrogen-bond donors (Lipinski definition) is 1. The zero-order chi connectivity index (χ0) is 17.1. The first-order valence-corrected chi connectivity index (χ1v) is 8.92. The minimum absolute atomic E-state index is 0.341. The molecule has 1 unspecified atom stereocenters. The number of anilines is 1. The minimum Gasteiger partial charge on any atom is -0.454 e. The lowest BCUT2D eigenvalue weighted by atomic mass is 10.1. The molecule has 0 fully saturated rings. The van der Waals surface area contributed by atoms with Gasteiger partial charge in [0.05, 0.1) is 12.3 Å². The Hall–Kier alpha value is -1.07. The van der Waals surface area contributed by atoms with Crippen molar-refractivity contribution in [2.24, 2.45) is 0 Å². The minimum atomic E-state index is -0.728. The van der Waals surface area contributed by atoms with E-state index in [2.05, 4.69) is 26.9 Å². The molecule has 0 aliphatic heterocycles. The molecule has 0 spiro atoms. The molecule has 5 nitrogen and oxygen atoms in total. The highest BCUT2D eigenvalue weighted by molar-refractivity contribution is 6.61. The molecule has 1 heterocycles. The molecule has 0 saturated heterocycles. The molecule has 0 aliphatic carbocycles. The first kappa shape index (κ1) is 20.0. The van der Waals surface area contributed by atoms with Crippen LogP contribution in [0, 0.1) is 0 Å². The van der Waals surface area contributed by atoms with E-state index >= 15 is 0 Å². The normalized spacial score (nSPS) is 12.0. The lowest BCUT2D eigenvalue weighted by molar-refractivity contribution is 0.170. The summed E-state index contributed by atoms with van der Waals surface area (Å²) >= 11 is 11.4. The number of nitrogens with zero attached hydrogens (tertiary/aromatic N) is 2. The second kappa shape index (κ2) is 11.5. The van der Waals surface area contributed by atoms with Crippen LogP contribution in [0.1, 0.15) is 58.1 Å². The van der Waals surface area contributed by atoms with E-state index < -0.39 is 5.43 Å². The molecule has 1 N–H and O–H groups in total. The predicted molar refractivity (Wildman–Crippen MR) is 94.4 cm³/mol. The van der Waals surface area contributed by atoms with E-state index in [0.29, 0.717) is 17.7 Å². The summed E-state index contributed by atoms with van der Waals surface area (Å²) in [6.07, 6.45) is 8.46. The Morgan fingerprint density at radius 2 is 2.00 bits per heavy atom. The van der Waals surface area contributed by atoms with Crippen molar-refractivity contribution in [3.8, 4) is 0 Å². The number of ether oxygens (including phenoxy) is 1. The monoisotopic (exact) mass is 361 g/mol. The van der Waals surface area contributed by atoms with Gasteiger partial charge in [0.2, 0.25) is 0 Å². The van der Waals surface area contributed by atoms with E-state index in [0.717, 1.165) is 56.5 Å². The van der Waals surface area contributed by atoms with Crippen molar-refractivity contribution in [2.75, 3.05) is 11.9 Å². The standard InChI is InChI=1S/C16H25Cl2N3O2/c1-3-12(9-7-5-6-8-10-23-16(18)22)21-15-14(17)13(4-2)19-11-20-15/h11-12H,3-10H2,1-2H3,(H,19,20,21). The molecular weight excluding hydrogens is 337 g/mol. The summed E-state index contributed by atoms with van der Waals surface area (Å²) in [5.74, 6) is 0.722. The van der Waals surface area contributed by atoms with Gasteiger partial charge in [0.15, 0.2) is 0 Å². The van der Waals surface area contributed by atoms with Crippen LogP contribution in [-0.2, 0) is 11.2 Å². The molecule has 130 valence electrons. The second-order valence-electron chi connectivity index (χ2n) is 5.38. The number of unbranched alkanes of at least 4 members (excludes halogenated alkanes) is 3. The second-order valence-corrected chi connectivity index (χ2v) is 6.06. The molecule has 1 aromatic rings. The van der Waals surface area contributed by atoms with Crippen LogP contribution in [0.5, 0.6) is 0 Å². The van der Waals surface area contributed by atoms with Crippen LogP contribution in [-0.4, -0.2) is 28.0 Å². The Balaban J connectivity index is 2.31. The average Bonchev–Trinajstić information content (AvgIpc) is 2.54. The highest BCUT2D eigenvalue weighted by Crippen LogP contribution is 2.24. The first-order chi connectivity index (χ1) is 11.1. The summed E-state index contributed by atoms with van der Waals surface area (Å²) in [6.45, 7) is 4.57. The fraction of sp³-hybridized carbons (Fsp3) is 0.688. The van der Waals surface area contributed by atoms with Crippen LogP contribution in [0.15, 0.2) is 6.33 Å². The molecule has 1 aromatic heterocycles. The number of carbonyl (C=O) groups is 1. The maximum atomic E-state index is 10.4. The molecule has 1 rings (SSSR count). The Morgan fingerprint density at radius 3 is 2.65 bits per heavy atom. The van der Waals surface area contributed by atoms with Gasteiger partial charge in [0, 0.05) is 17.6 Å². The van der Waals surface area contributed by atoms with Crippen LogP contribution >= 0.6 is 23.2 Å². The first-order valence-electron chi connectivity index (χ1n) is 8.16. The summed E-state index contributed by atoms with van der Waals surface area (Å²) in [6, 6.07) is 0.341. The maximum Gasteiger partial charge on any atom is 0.403 e. The highest BCUT2D eigenvalue weighted by Gasteiger charge is 2.12. The number of halogens is 2. The smallest absolute Gasteiger partial charge is 0.403 e. The highest BCUT2D eigenvalue weighted by atomic mass is 35.5. The lowest BCUT2D eigenvalue weighted by Crippen LogP contribution is -2.19. The van der Waals surface area contributed by atoms with Gasteiger partial charge in [-0.1, -0.05) is 44.7 Å². The van der Waals surface area contributed by atoms with Crippen LogP contribution in [0.25, 0.3) is 0 Å². The number of aryl methyl sites for hydroxylation is 1. The number of carbonyl (C=O) groups excluding carboxylic acids is 1. The van der Waals surface area contributed by atoms with Crippen molar-refractivity contribution in [3.05, 3.63) is 17.0 Å². The van der Waals surface area contributed by atoms with Gasteiger partial charge in [-0.3, -0.25) is 0 Å². The average molecular weight is 362 g/mol. The molecule has 7 heteroatoms. The van der Waals surface area contributed by atoms with Crippen LogP contribution in [0.4, 0.5) is 10.6 Å². The fourth-order valence-corrected chi connectivity index (χ4v) is 2.69. The summed E-state index contributed by atoms with van der Waals surface area (Å²) < 4.78 is 4.69. The number of nitrogens with one attached hydrogen (secondary N) is 1. The van der Waals surface area contributed by atoms with Gasteiger partial charge in [-0.25, -0.2) is 14.8 Å². The van der Waals surface area contributed by atoms with E-state index in [9.17, 15) is 4.79 Å². The molecule has 23 heavy (non-hydrogen) atoms. The third kappa shape index (κ3) is 7.84. The summed E-state index contributed by atoms with van der Waals surface area (Å²) in [4.78, 5) is 18.8. The van der Waals surface area contributed by atoms with Crippen molar-refractivity contribution in [3.63, 3.8) is 0 Å². The predicted octanol–water partition coefficient (Wildman–Crippen LogP) is 5.21. The zero-order valence-corrected chi connectivity index (χ0v) is 15.3. The van der Waals surface area contributed by atoms with E-state index in [1.54, 1.807) is 6.33 Å². The van der Waals surface area contributed by atoms with Crippen LogP contribution < -0.4 is 5.32 Å². The van der Waals surface area contributed by atoms with Gasteiger partial charge in [-0.05, 0) is 25.7 Å². The number of aromatic nitrogens is 2. The van der Waals surface area contributed by atoms with E-state index in [1.807, 2.05) is 6.92 Å². The van der Waals surface area contributed by atoms with Crippen LogP contribution in [0.2, 0.25) is 5.02 Å². The summed E-state index contributed by atoms with van der Waals surface area (Å²) in [5.41, 5.74) is 0.140. The van der Waals surface area contributed by atoms with Gasteiger partial charge in [0.1, 0.15) is 17.2 Å². The van der Waals surface area contributed by atoms with E-state index in [4.69, 9.17) is 23.2 Å². The summed E-state index contributed by atoms with van der Waals surface area (Å²) in [5, 5.41) is 4.04.